The molecule has 1 rings (SSSR count). The molecule has 0 saturated heterocycles. The van der Waals surface area contributed by atoms with Crippen LogP contribution in [0.1, 0.15) is 72.1 Å². The monoisotopic (exact) mass is 282 g/mol. The summed E-state index contributed by atoms with van der Waals surface area (Å²) in [6.07, 6.45) is 11.3. The number of nitrogens with zero attached hydrogens (tertiary/aromatic N) is 1. The zero-order chi connectivity index (χ0) is 14.8. The van der Waals surface area contributed by atoms with Crippen LogP contribution in [0.3, 0.4) is 0 Å². The van der Waals surface area contributed by atoms with Crippen LogP contribution in [0.4, 0.5) is 0 Å². The second-order valence-corrected chi connectivity index (χ2v) is 7.32. The van der Waals surface area contributed by atoms with Crippen molar-refractivity contribution in [2.24, 2.45) is 11.8 Å². The molecule has 0 spiro atoms. The quantitative estimate of drug-likeness (QED) is 0.601. The van der Waals surface area contributed by atoms with E-state index < -0.39 is 0 Å². The molecule has 0 aliphatic heterocycles. The van der Waals surface area contributed by atoms with Crippen LogP contribution >= 0.6 is 0 Å². The molecule has 0 amide bonds. The van der Waals surface area contributed by atoms with Gasteiger partial charge in [-0.25, -0.2) is 0 Å². The number of nitrogens with one attached hydrogen (secondary N) is 1. The molecule has 20 heavy (non-hydrogen) atoms. The van der Waals surface area contributed by atoms with Gasteiger partial charge in [-0.15, -0.1) is 0 Å². The third kappa shape index (κ3) is 7.64. The molecule has 1 aliphatic carbocycles. The molecule has 2 atom stereocenters. The Labute approximate surface area is 127 Å². The predicted molar refractivity (Wildman–Crippen MR) is 90.2 cm³/mol. The Bertz CT molecular complexity index is 227. The molecule has 1 N–H and O–H groups in total. The summed E-state index contributed by atoms with van der Waals surface area (Å²) in [4.78, 5) is 2.64. The van der Waals surface area contributed by atoms with Crippen LogP contribution < -0.4 is 5.32 Å². The van der Waals surface area contributed by atoms with Gasteiger partial charge in [-0.1, -0.05) is 46.5 Å². The largest absolute Gasteiger partial charge is 0.316 e. The van der Waals surface area contributed by atoms with Crippen molar-refractivity contribution in [1.29, 1.82) is 0 Å². The van der Waals surface area contributed by atoms with Crippen LogP contribution in [0, 0.1) is 11.8 Å². The zero-order valence-electron chi connectivity index (χ0n) is 14.5. The summed E-state index contributed by atoms with van der Waals surface area (Å²) in [6, 6.07) is 0.858. The van der Waals surface area contributed by atoms with Gasteiger partial charge in [0.1, 0.15) is 0 Å². The first-order chi connectivity index (χ1) is 9.61. The standard InChI is InChI=1S/C18H38N2/c1-16(2)15-19-13-9-5-6-10-14-20(4)18-12-8-7-11-17(18)3/h16-19H,5-15H2,1-4H3. The topological polar surface area (TPSA) is 15.3 Å². The van der Waals surface area contributed by atoms with Crippen molar-refractivity contribution in [1.82, 2.24) is 10.2 Å². The fraction of sp³-hybridized carbons (Fsp3) is 1.00. The summed E-state index contributed by atoms with van der Waals surface area (Å²) < 4.78 is 0. The highest BCUT2D eigenvalue weighted by Crippen LogP contribution is 2.27. The van der Waals surface area contributed by atoms with E-state index in [-0.39, 0.29) is 0 Å². The molecular weight excluding hydrogens is 244 g/mol. The highest BCUT2D eigenvalue weighted by Gasteiger charge is 2.24. The van der Waals surface area contributed by atoms with Gasteiger partial charge in [0, 0.05) is 6.04 Å². The van der Waals surface area contributed by atoms with Gasteiger partial charge in [0.15, 0.2) is 0 Å². The van der Waals surface area contributed by atoms with Gasteiger partial charge in [-0.05, 0) is 64.2 Å². The number of hydrogen-bond acceptors (Lipinski definition) is 2. The van der Waals surface area contributed by atoms with Gasteiger partial charge in [0.25, 0.3) is 0 Å². The summed E-state index contributed by atoms with van der Waals surface area (Å²) in [7, 11) is 2.34. The van der Waals surface area contributed by atoms with Crippen LogP contribution in [0.15, 0.2) is 0 Å². The number of hydrogen-bond donors (Lipinski definition) is 1. The smallest absolute Gasteiger partial charge is 0.0118 e. The van der Waals surface area contributed by atoms with Gasteiger partial charge in [0.05, 0.1) is 0 Å². The van der Waals surface area contributed by atoms with E-state index >= 15 is 0 Å². The highest BCUT2D eigenvalue weighted by atomic mass is 15.1. The zero-order valence-corrected chi connectivity index (χ0v) is 14.5. The van der Waals surface area contributed by atoms with Crippen molar-refractivity contribution < 1.29 is 0 Å². The van der Waals surface area contributed by atoms with E-state index in [4.69, 9.17) is 0 Å². The van der Waals surface area contributed by atoms with E-state index in [1.54, 1.807) is 0 Å². The highest BCUT2D eigenvalue weighted by molar-refractivity contribution is 4.79. The maximum absolute atomic E-state index is 3.53. The fourth-order valence-corrected chi connectivity index (χ4v) is 3.47. The summed E-state index contributed by atoms with van der Waals surface area (Å²) in [6.45, 7) is 10.7. The average Bonchev–Trinajstić information content (AvgIpc) is 2.41. The summed E-state index contributed by atoms with van der Waals surface area (Å²) in [5.74, 6) is 1.69. The molecule has 1 aliphatic rings. The Morgan fingerprint density at radius 1 is 1.05 bits per heavy atom. The maximum Gasteiger partial charge on any atom is 0.0118 e. The second kappa shape index (κ2) is 10.6. The first-order valence-corrected chi connectivity index (χ1v) is 9.02. The van der Waals surface area contributed by atoms with E-state index in [1.165, 1.54) is 71.0 Å². The SMILES string of the molecule is CC(C)CNCCCCCCN(C)C1CCCCC1C. The second-order valence-electron chi connectivity index (χ2n) is 7.32. The summed E-state index contributed by atoms with van der Waals surface area (Å²) in [5.41, 5.74) is 0. The third-order valence-electron chi connectivity index (χ3n) is 4.80. The normalized spacial score (nSPS) is 23.7. The fourth-order valence-electron chi connectivity index (χ4n) is 3.47. The van der Waals surface area contributed by atoms with Gasteiger partial charge < -0.3 is 10.2 Å². The van der Waals surface area contributed by atoms with Crippen molar-refractivity contribution in [3.8, 4) is 0 Å². The molecule has 0 aromatic carbocycles. The molecule has 0 radical (unpaired) electrons. The number of unbranched alkanes of at least 4 members (excludes halogenated alkanes) is 3. The van der Waals surface area contributed by atoms with Crippen molar-refractivity contribution in [3.05, 3.63) is 0 Å². The molecule has 0 heterocycles. The Kier molecular flexibility index (Phi) is 9.54. The van der Waals surface area contributed by atoms with Gasteiger partial charge >= 0.3 is 0 Å². The van der Waals surface area contributed by atoms with Crippen LogP contribution in [0.2, 0.25) is 0 Å². The van der Waals surface area contributed by atoms with Gasteiger partial charge in [-0.2, -0.15) is 0 Å². The molecule has 0 aromatic heterocycles. The number of rotatable bonds is 10. The molecular formula is C18H38N2. The van der Waals surface area contributed by atoms with Crippen molar-refractivity contribution in [2.75, 3.05) is 26.7 Å². The molecule has 0 aromatic rings. The van der Waals surface area contributed by atoms with E-state index in [1.807, 2.05) is 0 Å². The minimum absolute atomic E-state index is 0.779. The molecule has 2 unspecified atom stereocenters. The molecule has 1 fully saturated rings. The van der Waals surface area contributed by atoms with Crippen molar-refractivity contribution in [3.63, 3.8) is 0 Å². The molecule has 0 bridgehead atoms. The van der Waals surface area contributed by atoms with Crippen molar-refractivity contribution >= 4 is 0 Å². The van der Waals surface area contributed by atoms with Crippen LogP contribution in [0.25, 0.3) is 0 Å². The molecule has 1 saturated carbocycles. The summed E-state index contributed by atoms with van der Waals surface area (Å²) >= 11 is 0. The minimum atomic E-state index is 0.779. The first-order valence-electron chi connectivity index (χ1n) is 9.02. The van der Waals surface area contributed by atoms with Gasteiger partial charge in [0.2, 0.25) is 0 Å². The lowest BCUT2D eigenvalue weighted by Crippen LogP contribution is -2.39. The molecule has 120 valence electrons. The predicted octanol–water partition coefficient (Wildman–Crippen LogP) is 4.30. The Hall–Kier alpha value is -0.0800. The molecule has 2 nitrogen and oxygen atoms in total. The van der Waals surface area contributed by atoms with E-state index in [9.17, 15) is 0 Å². The molecule has 2 heteroatoms. The maximum atomic E-state index is 3.53. The lowest BCUT2D eigenvalue weighted by molar-refractivity contribution is 0.137. The first kappa shape index (κ1) is 18.0. The minimum Gasteiger partial charge on any atom is -0.316 e. The Morgan fingerprint density at radius 3 is 2.45 bits per heavy atom. The van der Waals surface area contributed by atoms with E-state index in [2.05, 4.69) is 38.0 Å². The van der Waals surface area contributed by atoms with Crippen LogP contribution in [0.5, 0.6) is 0 Å². The Balaban J connectivity index is 1.95. The van der Waals surface area contributed by atoms with Gasteiger partial charge in [-0.3, -0.25) is 0 Å². The Morgan fingerprint density at radius 2 is 1.75 bits per heavy atom. The third-order valence-corrected chi connectivity index (χ3v) is 4.80. The van der Waals surface area contributed by atoms with Crippen LogP contribution in [-0.4, -0.2) is 37.6 Å². The van der Waals surface area contributed by atoms with E-state index in [0.29, 0.717) is 0 Å². The lowest BCUT2D eigenvalue weighted by atomic mass is 9.85. The summed E-state index contributed by atoms with van der Waals surface area (Å²) in [5, 5.41) is 3.53. The van der Waals surface area contributed by atoms with Crippen molar-refractivity contribution in [2.45, 2.75) is 78.2 Å². The average molecular weight is 283 g/mol. The lowest BCUT2D eigenvalue weighted by Gasteiger charge is -2.36. The van der Waals surface area contributed by atoms with Crippen LogP contribution in [-0.2, 0) is 0 Å². The van der Waals surface area contributed by atoms with E-state index in [0.717, 1.165) is 17.9 Å².